The fourth-order valence-electron chi connectivity index (χ4n) is 7.47. The maximum Gasteiger partial charge on any atom is 0.326 e. The zero-order valence-corrected chi connectivity index (χ0v) is 40.1. The van der Waals surface area contributed by atoms with Crippen molar-refractivity contribution in [2.45, 2.75) is 140 Å². The lowest BCUT2D eigenvalue weighted by Crippen LogP contribution is -2.57. The number of unbranched alkanes of at least 4 members (excludes halogenated alkanes) is 1. The molecular weight excluding hydrogens is 885 g/mol. The second kappa shape index (κ2) is 28.7. The number of rotatable bonds is 29. The smallest absolute Gasteiger partial charge is 0.326 e. The van der Waals surface area contributed by atoms with Crippen molar-refractivity contribution in [1.29, 1.82) is 0 Å². The number of hydrogen-bond donors (Lipinski definition) is 11. The van der Waals surface area contributed by atoms with Crippen molar-refractivity contribution in [3.63, 3.8) is 0 Å². The van der Waals surface area contributed by atoms with Gasteiger partial charge in [0.2, 0.25) is 35.4 Å². The van der Waals surface area contributed by atoms with E-state index >= 15 is 0 Å². The molecule has 13 N–H and O–H groups in total. The summed E-state index contributed by atoms with van der Waals surface area (Å²) >= 11 is 1.49. The average Bonchev–Trinajstić information content (AvgIpc) is 3.76. The van der Waals surface area contributed by atoms with Crippen molar-refractivity contribution >= 4 is 53.2 Å². The van der Waals surface area contributed by atoms with Crippen molar-refractivity contribution in [2.75, 3.05) is 25.1 Å². The van der Waals surface area contributed by atoms with Gasteiger partial charge in [0, 0.05) is 19.4 Å². The zero-order valence-electron chi connectivity index (χ0n) is 39.3. The van der Waals surface area contributed by atoms with Gasteiger partial charge in [-0.15, -0.1) is 0 Å². The SMILES string of the molecule is CSCC[C@H](NC(=O)[C@@H](N)CC(C)C)C(=O)N[C@@H](Cc1ccc(O)cc1)C(=O)NC[C@H]1CC[C@@H](C(=O)N[C@@H](Cc2ccc(O)cc2)C(=O)N[C@@H](CC(C)C)C(=O)N[C@@H](CCCCN)C(=O)O)O1. The Hall–Kier alpha value is -5.44. The van der Waals surface area contributed by atoms with Crippen LogP contribution in [0.3, 0.4) is 0 Å². The third kappa shape index (κ3) is 20.1. The van der Waals surface area contributed by atoms with Gasteiger partial charge in [-0.05, 0) is 117 Å². The maximum atomic E-state index is 14.0. The van der Waals surface area contributed by atoms with Gasteiger partial charge in [0.25, 0.3) is 0 Å². The van der Waals surface area contributed by atoms with Crippen LogP contribution in [0.1, 0.15) is 90.2 Å². The van der Waals surface area contributed by atoms with Gasteiger partial charge in [-0.1, -0.05) is 52.0 Å². The van der Waals surface area contributed by atoms with Crippen molar-refractivity contribution < 1.29 is 53.6 Å². The van der Waals surface area contributed by atoms with E-state index in [1.165, 1.54) is 36.0 Å². The lowest BCUT2D eigenvalue weighted by atomic mass is 10.00. The van der Waals surface area contributed by atoms with Crippen LogP contribution in [0.5, 0.6) is 11.5 Å². The van der Waals surface area contributed by atoms with Crippen molar-refractivity contribution in [1.82, 2.24) is 31.9 Å². The maximum absolute atomic E-state index is 14.0. The molecule has 1 aliphatic heterocycles. The first-order valence-corrected chi connectivity index (χ1v) is 24.4. The fraction of sp³-hybridized carbons (Fsp3) is 0.596. The summed E-state index contributed by atoms with van der Waals surface area (Å²) in [5, 5.41) is 45.9. The van der Waals surface area contributed by atoms with Crippen molar-refractivity contribution in [3.05, 3.63) is 59.7 Å². The molecule has 67 heavy (non-hydrogen) atoms. The molecule has 6 amide bonds. The Balaban J connectivity index is 1.74. The second-order valence-corrected chi connectivity index (χ2v) is 18.9. The lowest BCUT2D eigenvalue weighted by molar-refractivity contribution is -0.142. The number of phenolic OH excluding ortho intramolecular Hbond substituents is 2. The number of hydrogen-bond acceptors (Lipinski definition) is 13. The molecule has 8 atom stereocenters. The van der Waals surface area contributed by atoms with E-state index in [1.54, 1.807) is 24.3 Å². The Kier molecular flexibility index (Phi) is 23.9. The molecule has 20 heteroatoms. The lowest BCUT2D eigenvalue weighted by Gasteiger charge is -2.26. The highest BCUT2D eigenvalue weighted by Crippen LogP contribution is 2.21. The largest absolute Gasteiger partial charge is 0.508 e. The van der Waals surface area contributed by atoms with E-state index in [2.05, 4.69) is 31.9 Å². The van der Waals surface area contributed by atoms with Crippen LogP contribution >= 0.6 is 11.8 Å². The number of thioether (sulfide) groups is 1. The van der Waals surface area contributed by atoms with E-state index in [0.29, 0.717) is 49.1 Å². The minimum absolute atomic E-state index is 0.00461. The molecular formula is C47H72N8O11S. The predicted molar refractivity (Wildman–Crippen MR) is 255 cm³/mol. The van der Waals surface area contributed by atoms with Gasteiger partial charge >= 0.3 is 5.97 Å². The van der Waals surface area contributed by atoms with Crippen LogP contribution in [-0.4, -0.2) is 130 Å². The number of carbonyl (C=O) groups excluding carboxylic acids is 6. The second-order valence-electron chi connectivity index (χ2n) is 17.9. The number of nitrogens with one attached hydrogen (secondary N) is 6. The first-order valence-electron chi connectivity index (χ1n) is 23.0. The number of amides is 6. The Morgan fingerprint density at radius 2 is 1.16 bits per heavy atom. The third-order valence-electron chi connectivity index (χ3n) is 11.1. The van der Waals surface area contributed by atoms with Crippen molar-refractivity contribution in [2.24, 2.45) is 23.3 Å². The Morgan fingerprint density at radius 1 is 0.657 bits per heavy atom. The number of phenols is 2. The minimum Gasteiger partial charge on any atom is -0.508 e. The molecule has 372 valence electrons. The number of carbonyl (C=O) groups is 7. The van der Waals surface area contributed by atoms with Gasteiger partial charge in [-0.2, -0.15) is 11.8 Å². The van der Waals surface area contributed by atoms with E-state index in [4.69, 9.17) is 16.2 Å². The fourth-order valence-corrected chi connectivity index (χ4v) is 7.94. The van der Waals surface area contributed by atoms with Crippen molar-refractivity contribution in [3.8, 4) is 11.5 Å². The monoisotopic (exact) mass is 957 g/mol. The molecule has 0 spiro atoms. The van der Waals surface area contributed by atoms with Gasteiger partial charge in [0.1, 0.15) is 47.8 Å². The Bertz CT molecular complexity index is 1920. The molecule has 2 aromatic rings. The molecule has 0 unspecified atom stereocenters. The van der Waals surface area contributed by atoms with E-state index in [1.807, 2.05) is 34.0 Å². The van der Waals surface area contributed by atoms with Crippen LogP contribution in [-0.2, 0) is 51.1 Å². The molecule has 0 radical (unpaired) electrons. The van der Waals surface area contributed by atoms with Crippen LogP contribution in [0.15, 0.2) is 48.5 Å². The summed E-state index contributed by atoms with van der Waals surface area (Å²) in [6, 6.07) is 5.77. The molecule has 1 fully saturated rings. The minimum atomic E-state index is -1.22. The van der Waals surface area contributed by atoms with Gasteiger partial charge in [0.15, 0.2) is 0 Å². The average molecular weight is 957 g/mol. The summed E-state index contributed by atoms with van der Waals surface area (Å²) in [4.78, 5) is 93.8. The number of carboxylic acids is 1. The van der Waals surface area contributed by atoms with Gasteiger partial charge in [-0.3, -0.25) is 28.8 Å². The third-order valence-corrected chi connectivity index (χ3v) is 11.8. The molecule has 0 aromatic heterocycles. The molecule has 0 saturated carbocycles. The van der Waals surface area contributed by atoms with Gasteiger partial charge in [0.05, 0.1) is 12.1 Å². The number of ether oxygens (including phenoxy) is 1. The van der Waals surface area contributed by atoms with Crippen LogP contribution in [0.25, 0.3) is 0 Å². The normalized spacial score (nSPS) is 17.3. The highest BCUT2D eigenvalue weighted by atomic mass is 32.2. The number of nitrogens with two attached hydrogens (primary N) is 2. The molecule has 3 rings (SSSR count). The first kappa shape index (κ1) is 55.9. The summed E-state index contributed by atoms with van der Waals surface area (Å²) in [7, 11) is 0. The number of aliphatic carboxylic acids is 1. The molecule has 1 aliphatic rings. The summed E-state index contributed by atoms with van der Waals surface area (Å²) < 4.78 is 6.07. The quantitative estimate of drug-likeness (QED) is 0.0514. The van der Waals surface area contributed by atoms with E-state index < -0.39 is 89.9 Å². The summed E-state index contributed by atoms with van der Waals surface area (Å²) in [5.74, 6) is -4.19. The topological polar surface area (TPSA) is 314 Å². The van der Waals surface area contributed by atoms with E-state index in [-0.39, 0.29) is 68.4 Å². The van der Waals surface area contributed by atoms with Crippen LogP contribution < -0.4 is 43.4 Å². The summed E-state index contributed by atoms with van der Waals surface area (Å²) in [5.41, 5.74) is 12.9. The van der Waals surface area contributed by atoms with Gasteiger partial charge in [-0.25, -0.2) is 4.79 Å². The van der Waals surface area contributed by atoms with Crippen LogP contribution in [0, 0.1) is 11.8 Å². The Labute approximate surface area is 397 Å². The molecule has 1 heterocycles. The highest BCUT2D eigenvalue weighted by molar-refractivity contribution is 7.98. The molecule has 0 bridgehead atoms. The van der Waals surface area contributed by atoms with Gasteiger partial charge < -0.3 is 63.4 Å². The van der Waals surface area contributed by atoms with E-state index in [9.17, 15) is 48.9 Å². The molecule has 19 nitrogen and oxygen atoms in total. The Morgan fingerprint density at radius 3 is 1.70 bits per heavy atom. The number of aromatic hydroxyl groups is 2. The highest BCUT2D eigenvalue weighted by Gasteiger charge is 2.36. The van der Waals surface area contributed by atoms with E-state index in [0.717, 1.165) is 0 Å². The van der Waals surface area contributed by atoms with Crippen LogP contribution in [0.4, 0.5) is 0 Å². The predicted octanol–water partition coefficient (Wildman–Crippen LogP) is 1.36. The first-order chi connectivity index (χ1) is 31.8. The molecule has 2 aromatic carbocycles. The molecule has 1 saturated heterocycles. The van der Waals surface area contributed by atoms with Crippen LogP contribution in [0.2, 0.25) is 0 Å². The number of carboxylic acid groups (broad SMARTS) is 1. The summed E-state index contributed by atoms with van der Waals surface area (Å²) in [6.07, 6.45) is 2.91. The zero-order chi connectivity index (χ0) is 49.6. The standard InChI is InChI=1S/C47H72N8O11S/c1-27(2)22-34(49)41(58)51-35(19-21-67-5)43(60)54-38(24-29-9-13-31(56)14-10-29)42(59)50-26-33-17-18-40(66-33)46(63)55-39(25-30-11-15-32(57)16-12-30)45(62)53-37(23-28(3)4)44(61)52-36(47(64)65)8-6-7-20-48/h9-16,27-28,33-40,56-57H,6-8,17-26,48-49H2,1-5H3,(H,50,59)(H,51,58)(H,52,61)(H,53,62)(H,54,60)(H,55,63)(H,64,65)/t33-,34+,35+,36+,37+,38+,39+,40+/m1/s1. The molecule has 0 aliphatic carbocycles. The summed E-state index contributed by atoms with van der Waals surface area (Å²) in [6.45, 7) is 7.90. The number of benzene rings is 2.